The Morgan fingerprint density at radius 2 is 2.50 bits per heavy atom. The molecule has 5 heteroatoms. The molecule has 1 aliphatic rings. The lowest BCUT2D eigenvalue weighted by Gasteiger charge is -2.14. The van der Waals surface area contributed by atoms with Crippen LogP contribution in [-0.4, -0.2) is 28.7 Å². The van der Waals surface area contributed by atoms with Gasteiger partial charge >= 0.3 is 0 Å². The van der Waals surface area contributed by atoms with Crippen LogP contribution in [0.2, 0.25) is 0 Å². The minimum Gasteiger partial charge on any atom is -0.356 e. The lowest BCUT2D eigenvalue weighted by molar-refractivity contribution is -0.121. The molecule has 1 saturated heterocycles. The summed E-state index contributed by atoms with van der Waals surface area (Å²) in [5.74, 6) is 0.152. The van der Waals surface area contributed by atoms with Crippen molar-refractivity contribution >= 4 is 5.91 Å². The number of carbonyl (C=O) groups is 1. The van der Waals surface area contributed by atoms with Gasteiger partial charge in [0, 0.05) is 36.8 Å². The summed E-state index contributed by atoms with van der Waals surface area (Å²) in [4.78, 5) is 11.4. The van der Waals surface area contributed by atoms with E-state index in [0.29, 0.717) is 6.42 Å². The summed E-state index contributed by atoms with van der Waals surface area (Å²) in [5, 5.41) is 13.2. The predicted molar refractivity (Wildman–Crippen MR) is 60.8 cm³/mol. The van der Waals surface area contributed by atoms with E-state index in [1.54, 1.807) is 0 Å². The van der Waals surface area contributed by atoms with Gasteiger partial charge in [-0.3, -0.25) is 9.89 Å². The Morgan fingerprint density at radius 3 is 3.25 bits per heavy atom. The first-order valence-corrected chi connectivity index (χ1v) is 5.74. The maximum Gasteiger partial charge on any atom is 0.221 e. The summed E-state index contributed by atoms with van der Waals surface area (Å²) < 4.78 is 0. The number of nitrogens with one attached hydrogen (secondary N) is 3. The highest BCUT2D eigenvalue weighted by Crippen LogP contribution is 2.08. The summed E-state index contributed by atoms with van der Waals surface area (Å²) in [6.07, 6.45) is 4.51. The molecule has 0 saturated carbocycles. The topological polar surface area (TPSA) is 69.8 Å². The van der Waals surface area contributed by atoms with Gasteiger partial charge in [0.15, 0.2) is 0 Å². The van der Waals surface area contributed by atoms with Gasteiger partial charge in [-0.15, -0.1) is 0 Å². The van der Waals surface area contributed by atoms with E-state index in [9.17, 15) is 4.79 Å². The minimum atomic E-state index is 0.152. The zero-order chi connectivity index (χ0) is 11.4. The van der Waals surface area contributed by atoms with Crippen LogP contribution in [0.1, 0.15) is 30.5 Å². The highest BCUT2D eigenvalue weighted by atomic mass is 16.1. The molecule has 1 atom stereocenters. The fourth-order valence-corrected chi connectivity index (χ4v) is 1.96. The van der Waals surface area contributed by atoms with Crippen molar-refractivity contribution in [3.8, 4) is 0 Å². The van der Waals surface area contributed by atoms with Crippen molar-refractivity contribution in [3.05, 3.63) is 17.5 Å². The van der Waals surface area contributed by atoms with E-state index in [-0.39, 0.29) is 11.9 Å². The number of aromatic amines is 1. The first-order valence-electron chi connectivity index (χ1n) is 5.74. The molecule has 0 spiro atoms. The van der Waals surface area contributed by atoms with Crippen molar-refractivity contribution in [3.63, 3.8) is 0 Å². The lowest BCUT2D eigenvalue weighted by atomic mass is 10.1. The SMILES string of the molecule is Cc1[nH]ncc1CNC1CCCNC(=O)C1. The van der Waals surface area contributed by atoms with Crippen LogP contribution in [-0.2, 0) is 11.3 Å². The van der Waals surface area contributed by atoms with Crippen molar-refractivity contribution in [2.45, 2.75) is 38.8 Å². The summed E-state index contributed by atoms with van der Waals surface area (Å²) >= 11 is 0. The third-order valence-corrected chi connectivity index (χ3v) is 3.00. The fraction of sp³-hybridized carbons (Fsp3) is 0.636. The van der Waals surface area contributed by atoms with Gasteiger partial charge in [-0.25, -0.2) is 0 Å². The third-order valence-electron chi connectivity index (χ3n) is 3.00. The summed E-state index contributed by atoms with van der Waals surface area (Å²) in [7, 11) is 0. The van der Waals surface area contributed by atoms with E-state index < -0.39 is 0 Å². The molecule has 5 nitrogen and oxygen atoms in total. The summed E-state index contributed by atoms with van der Waals surface area (Å²) in [6.45, 7) is 3.59. The van der Waals surface area contributed by atoms with E-state index >= 15 is 0 Å². The van der Waals surface area contributed by atoms with Crippen LogP contribution in [0.5, 0.6) is 0 Å². The highest BCUT2D eigenvalue weighted by molar-refractivity contribution is 5.76. The number of rotatable bonds is 3. The van der Waals surface area contributed by atoms with E-state index in [4.69, 9.17) is 0 Å². The normalized spacial score (nSPS) is 21.6. The molecule has 0 aromatic carbocycles. The number of hydrogen-bond donors (Lipinski definition) is 3. The first kappa shape index (κ1) is 11.1. The van der Waals surface area contributed by atoms with Gasteiger partial charge in [0.2, 0.25) is 5.91 Å². The molecular weight excluding hydrogens is 204 g/mol. The van der Waals surface area contributed by atoms with Crippen LogP contribution < -0.4 is 10.6 Å². The van der Waals surface area contributed by atoms with E-state index in [1.165, 1.54) is 5.56 Å². The molecule has 16 heavy (non-hydrogen) atoms. The minimum absolute atomic E-state index is 0.152. The van der Waals surface area contributed by atoms with Crippen molar-refractivity contribution < 1.29 is 4.79 Å². The zero-order valence-electron chi connectivity index (χ0n) is 9.55. The number of aryl methyl sites for hydroxylation is 1. The van der Waals surface area contributed by atoms with Gasteiger partial charge in [0.25, 0.3) is 0 Å². The number of H-pyrrole nitrogens is 1. The molecule has 1 amide bonds. The van der Waals surface area contributed by atoms with Crippen LogP contribution >= 0.6 is 0 Å². The van der Waals surface area contributed by atoms with Crippen molar-refractivity contribution in [2.75, 3.05) is 6.54 Å². The molecule has 1 aromatic rings. The van der Waals surface area contributed by atoms with Crippen LogP contribution in [0.25, 0.3) is 0 Å². The smallest absolute Gasteiger partial charge is 0.221 e. The molecule has 1 aromatic heterocycles. The lowest BCUT2D eigenvalue weighted by Crippen LogP contribution is -2.32. The van der Waals surface area contributed by atoms with Gasteiger partial charge in [-0.05, 0) is 19.8 Å². The average Bonchev–Trinajstić information content (AvgIpc) is 2.54. The zero-order valence-corrected chi connectivity index (χ0v) is 9.55. The first-order chi connectivity index (χ1) is 7.75. The molecule has 88 valence electrons. The van der Waals surface area contributed by atoms with Crippen molar-refractivity contribution in [1.82, 2.24) is 20.8 Å². The molecule has 2 rings (SSSR count). The number of hydrogen-bond acceptors (Lipinski definition) is 3. The van der Waals surface area contributed by atoms with Gasteiger partial charge in [0.1, 0.15) is 0 Å². The van der Waals surface area contributed by atoms with Crippen molar-refractivity contribution in [2.24, 2.45) is 0 Å². The second-order valence-electron chi connectivity index (χ2n) is 4.29. The second-order valence-corrected chi connectivity index (χ2v) is 4.29. The molecule has 0 bridgehead atoms. The largest absolute Gasteiger partial charge is 0.356 e. The summed E-state index contributed by atoms with van der Waals surface area (Å²) in [5.41, 5.74) is 2.26. The van der Waals surface area contributed by atoms with Crippen LogP contribution in [0.4, 0.5) is 0 Å². The van der Waals surface area contributed by atoms with Gasteiger partial charge in [-0.2, -0.15) is 5.10 Å². The van der Waals surface area contributed by atoms with Crippen LogP contribution in [0.3, 0.4) is 0 Å². The Kier molecular flexibility index (Phi) is 3.56. The number of carbonyl (C=O) groups excluding carboxylic acids is 1. The molecular formula is C11H18N4O. The van der Waals surface area contributed by atoms with E-state index in [2.05, 4.69) is 20.8 Å². The molecule has 2 heterocycles. The van der Waals surface area contributed by atoms with Crippen LogP contribution in [0.15, 0.2) is 6.20 Å². The molecule has 1 aliphatic heterocycles. The molecule has 1 unspecified atom stereocenters. The molecule has 0 radical (unpaired) electrons. The number of nitrogens with zero attached hydrogens (tertiary/aromatic N) is 1. The Labute approximate surface area is 95.0 Å². The monoisotopic (exact) mass is 222 g/mol. The van der Waals surface area contributed by atoms with E-state index in [0.717, 1.165) is 31.6 Å². The number of amides is 1. The molecule has 3 N–H and O–H groups in total. The Balaban J connectivity index is 1.85. The second kappa shape index (κ2) is 5.12. The maximum absolute atomic E-state index is 11.4. The van der Waals surface area contributed by atoms with Crippen molar-refractivity contribution in [1.29, 1.82) is 0 Å². The Bertz CT molecular complexity index is 361. The molecule has 1 fully saturated rings. The Morgan fingerprint density at radius 1 is 1.62 bits per heavy atom. The third kappa shape index (κ3) is 2.82. The number of aromatic nitrogens is 2. The van der Waals surface area contributed by atoms with Crippen LogP contribution in [0, 0.1) is 6.92 Å². The van der Waals surface area contributed by atoms with Gasteiger partial charge in [0.05, 0.1) is 6.20 Å². The van der Waals surface area contributed by atoms with E-state index in [1.807, 2.05) is 13.1 Å². The average molecular weight is 222 g/mol. The Hall–Kier alpha value is -1.36. The fourth-order valence-electron chi connectivity index (χ4n) is 1.96. The standard InChI is InChI=1S/C11H18N4O/c1-8-9(7-14-15-8)6-13-10-3-2-4-12-11(16)5-10/h7,10,13H,2-6H2,1H3,(H,12,16)(H,14,15). The van der Waals surface area contributed by atoms with Gasteiger partial charge in [-0.1, -0.05) is 0 Å². The van der Waals surface area contributed by atoms with Gasteiger partial charge < -0.3 is 10.6 Å². The molecule has 0 aliphatic carbocycles. The summed E-state index contributed by atoms with van der Waals surface area (Å²) in [6, 6.07) is 0.289. The maximum atomic E-state index is 11.4. The quantitative estimate of drug-likeness (QED) is 0.696. The predicted octanol–water partition coefficient (Wildman–Crippen LogP) is 0.476. The highest BCUT2D eigenvalue weighted by Gasteiger charge is 2.16.